The van der Waals surface area contributed by atoms with E-state index in [9.17, 15) is 13.2 Å². The van der Waals surface area contributed by atoms with Crippen LogP contribution in [0.25, 0.3) is 0 Å². The van der Waals surface area contributed by atoms with E-state index in [-0.39, 0.29) is 34.2 Å². The highest BCUT2D eigenvalue weighted by atomic mass is 32.2. The van der Waals surface area contributed by atoms with Crippen molar-refractivity contribution in [3.05, 3.63) is 23.8 Å². The zero-order chi connectivity index (χ0) is 17.0. The molecule has 1 aliphatic carbocycles. The fourth-order valence-corrected chi connectivity index (χ4v) is 3.53. The second kappa shape index (κ2) is 7.29. The molecular formula is C15H23N3O4S. The lowest BCUT2D eigenvalue weighted by Crippen LogP contribution is -2.30. The summed E-state index contributed by atoms with van der Waals surface area (Å²) in [6, 6.07) is 4.33. The predicted molar refractivity (Wildman–Crippen MR) is 86.9 cm³/mol. The molecule has 1 unspecified atom stereocenters. The van der Waals surface area contributed by atoms with Gasteiger partial charge in [0.05, 0.1) is 7.11 Å². The van der Waals surface area contributed by atoms with E-state index < -0.39 is 10.0 Å². The Morgan fingerprint density at radius 1 is 1.43 bits per heavy atom. The number of ether oxygens (including phenoxy) is 1. The van der Waals surface area contributed by atoms with Gasteiger partial charge in [-0.1, -0.05) is 0 Å². The number of hydrogen-bond donors (Lipinski definition) is 3. The van der Waals surface area contributed by atoms with Crippen LogP contribution in [0.3, 0.4) is 0 Å². The molecule has 0 radical (unpaired) electrons. The molecule has 4 N–H and O–H groups in total. The van der Waals surface area contributed by atoms with Crippen LogP contribution in [0.15, 0.2) is 23.1 Å². The standard InChI is InChI=1S/C15H23N3O4S/c1-10(16)7-8-17-15(19)11-3-6-13(22-2)14(9-11)23(20,21)18-12-4-5-12/h3,6,9-10,12,18H,4-5,7-8,16H2,1-2H3,(H,17,19). The van der Waals surface area contributed by atoms with Crippen molar-refractivity contribution in [2.24, 2.45) is 5.73 Å². The average molecular weight is 341 g/mol. The van der Waals surface area contributed by atoms with E-state index in [2.05, 4.69) is 10.0 Å². The zero-order valence-electron chi connectivity index (χ0n) is 13.3. The molecule has 1 amide bonds. The number of nitrogens with two attached hydrogens (primary N) is 1. The van der Waals surface area contributed by atoms with Gasteiger partial charge in [-0.2, -0.15) is 0 Å². The van der Waals surface area contributed by atoms with Crippen LogP contribution < -0.4 is 20.5 Å². The van der Waals surface area contributed by atoms with Crippen molar-refractivity contribution in [1.29, 1.82) is 0 Å². The lowest BCUT2D eigenvalue weighted by Gasteiger charge is -2.12. The van der Waals surface area contributed by atoms with Crippen LogP contribution in [0.1, 0.15) is 36.5 Å². The molecule has 1 fully saturated rings. The van der Waals surface area contributed by atoms with Crippen molar-refractivity contribution in [3.8, 4) is 5.75 Å². The Bertz CT molecular complexity index is 669. The number of methoxy groups -OCH3 is 1. The number of rotatable bonds is 8. The van der Waals surface area contributed by atoms with Crippen molar-refractivity contribution in [2.45, 2.75) is 43.2 Å². The Morgan fingerprint density at radius 3 is 2.70 bits per heavy atom. The minimum absolute atomic E-state index is 0.00940. The average Bonchev–Trinajstić information content (AvgIpc) is 3.29. The van der Waals surface area contributed by atoms with E-state index in [0.717, 1.165) is 12.8 Å². The second-order valence-corrected chi connectivity index (χ2v) is 7.47. The molecule has 1 aliphatic rings. The molecule has 2 rings (SSSR count). The highest BCUT2D eigenvalue weighted by Crippen LogP contribution is 2.28. The summed E-state index contributed by atoms with van der Waals surface area (Å²) in [5.74, 6) is -0.124. The van der Waals surface area contributed by atoms with E-state index in [1.54, 1.807) is 0 Å². The van der Waals surface area contributed by atoms with E-state index in [1.165, 1.54) is 25.3 Å². The molecule has 1 saturated carbocycles. The van der Waals surface area contributed by atoms with E-state index in [0.29, 0.717) is 13.0 Å². The van der Waals surface area contributed by atoms with Crippen molar-refractivity contribution >= 4 is 15.9 Å². The number of hydrogen-bond acceptors (Lipinski definition) is 5. The van der Waals surface area contributed by atoms with Gasteiger partial charge in [-0.25, -0.2) is 13.1 Å². The maximum atomic E-state index is 12.4. The molecule has 0 spiro atoms. The predicted octanol–water partition coefficient (Wildman–Crippen LogP) is 0.603. The molecule has 0 bridgehead atoms. The number of amides is 1. The Hall–Kier alpha value is -1.64. The van der Waals surface area contributed by atoms with E-state index in [1.807, 2.05) is 6.92 Å². The van der Waals surface area contributed by atoms with Gasteiger partial charge in [-0.3, -0.25) is 4.79 Å². The fraction of sp³-hybridized carbons (Fsp3) is 0.533. The summed E-state index contributed by atoms with van der Waals surface area (Å²) in [5, 5.41) is 2.72. The summed E-state index contributed by atoms with van der Waals surface area (Å²) in [6.45, 7) is 2.29. The normalized spacial score (nSPS) is 16.0. The second-order valence-electron chi connectivity index (χ2n) is 5.78. The van der Waals surface area contributed by atoms with Crippen molar-refractivity contribution in [3.63, 3.8) is 0 Å². The number of sulfonamides is 1. The molecule has 0 heterocycles. The lowest BCUT2D eigenvalue weighted by molar-refractivity contribution is 0.0952. The smallest absolute Gasteiger partial charge is 0.251 e. The highest BCUT2D eigenvalue weighted by molar-refractivity contribution is 7.89. The van der Waals surface area contributed by atoms with Gasteiger partial charge in [-0.05, 0) is 44.4 Å². The number of carbonyl (C=O) groups is 1. The third kappa shape index (κ3) is 4.92. The Labute approximate surface area is 136 Å². The first-order chi connectivity index (χ1) is 10.8. The minimum atomic E-state index is -3.70. The summed E-state index contributed by atoms with van der Waals surface area (Å²) in [7, 11) is -2.31. The SMILES string of the molecule is COc1ccc(C(=O)NCCC(C)N)cc1S(=O)(=O)NC1CC1. The van der Waals surface area contributed by atoms with E-state index >= 15 is 0 Å². The quantitative estimate of drug-likeness (QED) is 0.641. The van der Waals surface area contributed by atoms with Gasteiger partial charge in [0, 0.05) is 24.2 Å². The molecule has 1 aromatic rings. The molecule has 7 nitrogen and oxygen atoms in total. The zero-order valence-corrected chi connectivity index (χ0v) is 14.2. The number of nitrogens with one attached hydrogen (secondary N) is 2. The number of benzene rings is 1. The fourth-order valence-electron chi connectivity index (χ4n) is 2.03. The van der Waals surface area contributed by atoms with Gasteiger partial charge in [0.15, 0.2) is 0 Å². The monoisotopic (exact) mass is 341 g/mol. The van der Waals surface area contributed by atoms with E-state index in [4.69, 9.17) is 10.5 Å². The van der Waals surface area contributed by atoms with Crippen LogP contribution in [0.5, 0.6) is 5.75 Å². The molecule has 1 atom stereocenters. The lowest BCUT2D eigenvalue weighted by atomic mass is 10.2. The van der Waals surface area contributed by atoms with Crippen molar-refractivity contribution in [1.82, 2.24) is 10.0 Å². The number of carbonyl (C=O) groups excluding carboxylic acids is 1. The van der Waals surface area contributed by atoms with Gasteiger partial charge in [0.1, 0.15) is 10.6 Å². The van der Waals surface area contributed by atoms with Gasteiger partial charge in [-0.15, -0.1) is 0 Å². The van der Waals surface area contributed by atoms with Crippen LogP contribution in [0, 0.1) is 0 Å². The largest absolute Gasteiger partial charge is 0.495 e. The summed E-state index contributed by atoms with van der Waals surface area (Å²) in [6.07, 6.45) is 2.31. The highest BCUT2D eigenvalue weighted by Gasteiger charge is 2.30. The van der Waals surface area contributed by atoms with Crippen LogP contribution in [0.2, 0.25) is 0 Å². The molecule has 128 valence electrons. The maximum Gasteiger partial charge on any atom is 0.251 e. The van der Waals surface area contributed by atoms with Crippen LogP contribution in [0.4, 0.5) is 0 Å². The summed E-state index contributed by atoms with van der Waals surface area (Å²) >= 11 is 0. The van der Waals surface area contributed by atoms with Crippen molar-refractivity contribution < 1.29 is 17.9 Å². The first-order valence-corrected chi connectivity index (χ1v) is 9.06. The van der Waals surface area contributed by atoms with Gasteiger partial charge in [0.25, 0.3) is 5.91 Å². The minimum Gasteiger partial charge on any atom is -0.495 e. The molecule has 8 heteroatoms. The Morgan fingerprint density at radius 2 is 2.13 bits per heavy atom. The third-order valence-corrected chi connectivity index (χ3v) is 5.04. The Kier molecular flexibility index (Phi) is 5.61. The summed E-state index contributed by atoms with van der Waals surface area (Å²) in [4.78, 5) is 12.1. The van der Waals surface area contributed by atoms with Gasteiger partial charge in [0.2, 0.25) is 10.0 Å². The molecule has 0 saturated heterocycles. The van der Waals surface area contributed by atoms with Crippen LogP contribution in [-0.2, 0) is 10.0 Å². The third-order valence-electron chi connectivity index (χ3n) is 3.50. The first kappa shape index (κ1) is 17.7. The molecule has 0 aliphatic heterocycles. The maximum absolute atomic E-state index is 12.4. The first-order valence-electron chi connectivity index (χ1n) is 7.57. The molecular weight excluding hydrogens is 318 g/mol. The molecule has 0 aromatic heterocycles. The Balaban J connectivity index is 2.19. The van der Waals surface area contributed by atoms with Gasteiger partial charge < -0.3 is 15.8 Å². The molecule has 1 aromatic carbocycles. The van der Waals surface area contributed by atoms with Crippen LogP contribution >= 0.6 is 0 Å². The molecule has 23 heavy (non-hydrogen) atoms. The summed E-state index contributed by atoms with van der Waals surface area (Å²) in [5.41, 5.74) is 5.90. The summed E-state index contributed by atoms with van der Waals surface area (Å²) < 4.78 is 32.5. The van der Waals surface area contributed by atoms with Gasteiger partial charge >= 0.3 is 0 Å². The van der Waals surface area contributed by atoms with Crippen molar-refractivity contribution in [2.75, 3.05) is 13.7 Å². The topological polar surface area (TPSA) is 111 Å². The van der Waals surface area contributed by atoms with Crippen LogP contribution in [-0.4, -0.2) is 40.1 Å².